The topological polar surface area (TPSA) is 54.7 Å². The van der Waals surface area contributed by atoms with Gasteiger partial charge in [0.15, 0.2) is 0 Å². The normalized spacial score (nSPS) is 10.0. The van der Waals surface area contributed by atoms with Gasteiger partial charge in [-0.15, -0.1) is 0 Å². The zero-order valence-electron chi connectivity index (χ0n) is 6.49. The maximum atomic E-state index is 5.71. The van der Waals surface area contributed by atoms with E-state index in [1.807, 2.05) is 24.4 Å². The van der Waals surface area contributed by atoms with Crippen LogP contribution in [0.5, 0.6) is 0 Å². The Morgan fingerprint density at radius 2 is 2.25 bits per heavy atom. The van der Waals surface area contributed by atoms with Gasteiger partial charge in [0.25, 0.3) is 0 Å². The second-order valence-electron chi connectivity index (χ2n) is 2.55. The van der Waals surface area contributed by atoms with Gasteiger partial charge in [0.05, 0.1) is 11.4 Å². The van der Waals surface area contributed by atoms with Gasteiger partial charge in [0.2, 0.25) is 0 Å². The van der Waals surface area contributed by atoms with E-state index in [1.54, 1.807) is 12.4 Å². The molecule has 0 fully saturated rings. The number of rotatable bonds is 1. The number of nitrogens with one attached hydrogen (secondary N) is 1. The predicted octanol–water partition coefficient (Wildman–Crippen LogP) is 1.66. The number of nitrogens with zero attached hydrogens (tertiary/aromatic N) is 1. The third-order valence-corrected chi connectivity index (χ3v) is 1.73. The van der Waals surface area contributed by atoms with Crippen LogP contribution in [0.2, 0.25) is 0 Å². The van der Waals surface area contributed by atoms with Crippen molar-refractivity contribution in [3.05, 3.63) is 36.8 Å². The van der Waals surface area contributed by atoms with Crippen molar-refractivity contribution < 1.29 is 0 Å². The lowest BCUT2D eigenvalue weighted by Gasteiger charge is -1.97. The Morgan fingerprint density at radius 3 is 2.83 bits per heavy atom. The number of nitrogen functional groups attached to an aromatic ring is 1. The lowest BCUT2D eigenvalue weighted by atomic mass is 10.2. The van der Waals surface area contributed by atoms with Crippen molar-refractivity contribution in [1.29, 1.82) is 0 Å². The highest BCUT2D eigenvalue weighted by Gasteiger charge is 2.01. The molecular formula is C9H9N3. The first kappa shape index (κ1) is 6.91. The van der Waals surface area contributed by atoms with Crippen LogP contribution in [0.3, 0.4) is 0 Å². The summed E-state index contributed by atoms with van der Waals surface area (Å²) in [6.45, 7) is 0. The van der Waals surface area contributed by atoms with Crippen LogP contribution < -0.4 is 5.73 Å². The highest BCUT2D eigenvalue weighted by molar-refractivity contribution is 5.71. The van der Waals surface area contributed by atoms with E-state index in [1.165, 1.54) is 0 Å². The second kappa shape index (κ2) is 2.70. The predicted molar refractivity (Wildman–Crippen MR) is 48.4 cm³/mol. The molecule has 2 heterocycles. The van der Waals surface area contributed by atoms with Crippen molar-refractivity contribution in [2.75, 3.05) is 5.73 Å². The number of pyridine rings is 1. The Kier molecular flexibility index (Phi) is 1.55. The Balaban J connectivity index is 2.51. The summed E-state index contributed by atoms with van der Waals surface area (Å²) >= 11 is 0. The zero-order valence-corrected chi connectivity index (χ0v) is 6.49. The number of hydrogen-bond acceptors (Lipinski definition) is 2. The van der Waals surface area contributed by atoms with Crippen LogP contribution in [-0.2, 0) is 0 Å². The van der Waals surface area contributed by atoms with E-state index < -0.39 is 0 Å². The summed E-state index contributed by atoms with van der Waals surface area (Å²) in [6.07, 6.45) is 5.34. The van der Waals surface area contributed by atoms with Crippen molar-refractivity contribution in [2.24, 2.45) is 0 Å². The number of anilines is 1. The molecule has 12 heavy (non-hydrogen) atoms. The minimum atomic E-state index is 0.753. The van der Waals surface area contributed by atoms with E-state index in [-0.39, 0.29) is 0 Å². The first-order chi connectivity index (χ1) is 5.88. The quantitative estimate of drug-likeness (QED) is 0.664. The third kappa shape index (κ3) is 1.05. The van der Waals surface area contributed by atoms with Gasteiger partial charge in [-0.05, 0) is 18.2 Å². The van der Waals surface area contributed by atoms with Crippen molar-refractivity contribution in [2.45, 2.75) is 0 Å². The fraction of sp³-hybridized carbons (Fsp3) is 0. The van der Waals surface area contributed by atoms with Crippen LogP contribution in [0.25, 0.3) is 11.3 Å². The molecule has 60 valence electrons. The lowest BCUT2D eigenvalue weighted by molar-refractivity contribution is 1.31. The number of H-pyrrole nitrogens is 1. The molecule has 0 bridgehead atoms. The number of aromatic nitrogens is 2. The van der Waals surface area contributed by atoms with Crippen molar-refractivity contribution in [3.8, 4) is 11.3 Å². The van der Waals surface area contributed by atoms with Crippen LogP contribution in [0.15, 0.2) is 36.8 Å². The fourth-order valence-electron chi connectivity index (χ4n) is 1.14. The van der Waals surface area contributed by atoms with Crippen LogP contribution in [-0.4, -0.2) is 9.97 Å². The van der Waals surface area contributed by atoms with Gasteiger partial charge >= 0.3 is 0 Å². The summed E-state index contributed by atoms with van der Waals surface area (Å²) in [5.74, 6) is 0. The summed E-state index contributed by atoms with van der Waals surface area (Å²) in [4.78, 5) is 7.06. The largest absolute Gasteiger partial charge is 0.397 e. The molecule has 0 aliphatic heterocycles. The van der Waals surface area contributed by atoms with Gasteiger partial charge in [-0.25, -0.2) is 0 Å². The summed E-state index contributed by atoms with van der Waals surface area (Å²) in [5, 5.41) is 0. The SMILES string of the molecule is Nc1cc[nH]c1-c1cccnc1. The monoisotopic (exact) mass is 159 g/mol. The number of aromatic amines is 1. The van der Waals surface area contributed by atoms with Crippen LogP contribution >= 0.6 is 0 Å². The van der Waals surface area contributed by atoms with Gasteiger partial charge in [0, 0.05) is 24.2 Å². The minimum Gasteiger partial charge on any atom is -0.397 e. The van der Waals surface area contributed by atoms with Gasteiger partial charge in [-0.1, -0.05) is 0 Å². The third-order valence-electron chi connectivity index (χ3n) is 1.73. The molecule has 0 aliphatic carbocycles. The Hall–Kier alpha value is -1.77. The molecule has 0 saturated carbocycles. The molecule has 0 unspecified atom stereocenters. The number of hydrogen-bond donors (Lipinski definition) is 2. The molecule has 3 N–H and O–H groups in total. The zero-order chi connectivity index (χ0) is 8.39. The van der Waals surface area contributed by atoms with Gasteiger partial charge in [-0.2, -0.15) is 0 Å². The molecule has 3 nitrogen and oxygen atoms in total. The van der Waals surface area contributed by atoms with E-state index in [9.17, 15) is 0 Å². The summed E-state index contributed by atoms with van der Waals surface area (Å²) in [6, 6.07) is 5.69. The molecule has 3 heteroatoms. The van der Waals surface area contributed by atoms with E-state index in [4.69, 9.17) is 5.73 Å². The van der Waals surface area contributed by atoms with Crippen molar-refractivity contribution in [1.82, 2.24) is 9.97 Å². The van der Waals surface area contributed by atoms with E-state index in [0.29, 0.717) is 0 Å². The van der Waals surface area contributed by atoms with Crippen molar-refractivity contribution in [3.63, 3.8) is 0 Å². The van der Waals surface area contributed by atoms with Crippen LogP contribution in [0.4, 0.5) is 5.69 Å². The van der Waals surface area contributed by atoms with E-state index in [0.717, 1.165) is 16.9 Å². The Morgan fingerprint density at radius 1 is 1.33 bits per heavy atom. The molecule has 0 spiro atoms. The average molecular weight is 159 g/mol. The number of nitrogens with two attached hydrogens (primary N) is 1. The van der Waals surface area contributed by atoms with Gasteiger partial charge < -0.3 is 10.7 Å². The van der Waals surface area contributed by atoms with Crippen LogP contribution in [0.1, 0.15) is 0 Å². The molecule has 0 aliphatic rings. The first-order valence-corrected chi connectivity index (χ1v) is 3.71. The standard InChI is InChI=1S/C9H9N3/c10-8-3-5-12-9(8)7-2-1-4-11-6-7/h1-6,12H,10H2. The molecule has 2 rings (SSSR count). The fourth-order valence-corrected chi connectivity index (χ4v) is 1.14. The highest BCUT2D eigenvalue weighted by Crippen LogP contribution is 2.21. The van der Waals surface area contributed by atoms with Crippen LogP contribution in [0, 0.1) is 0 Å². The summed E-state index contributed by atoms with van der Waals surface area (Å²) in [5.41, 5.74) is 8.41. The van der Waals surface area contributed by atoms with Crippen molar-refractivity contribution >= 4 is 5.69 Å². The summed E-state index contributed by atoms with van der Waals surface area (Å²) < 4.78 is 0. The molecule has 0 atom stereocenters. The maximum absolute atomic E-state index is 5.71. The molecule has 2 aromatic heterocycles. The molecular weight excluding hydrogens is 150 g/mol. The second-order valence-corrected chi connectivity index (χ2v) is 2.55. The molecule has 2 aromatic rings. The molecule has 0 saturated heterocycles. The highest BCUT2D eigenvalue weighted by atomic mass is 14.8. The van der Waals surface area contributed by atoms with Gasteiger partial charge in [-0.3, -0.25) is 4.98 Å². The molecule has 0 amide bonds. The van der Waals surface area contributed by atoms with Gasteiger partial charge in [0.1, 0.15) is 0 Å². The summed E-state index contributed by atoms with van der Waals surface area (Å²) in [7, 11) is 0. The Labute approximate surface area is 70.3 Å². The molecule has 0 aromatic carbocycles. The Bertz CT molecular complexity index is 364. The first-order valence-electron chi connectivity index (χ1n) is 3.71. The molecule has 0 radical (unpaired) electrons. The average Bonchev–Trinajstić information content (AvgIpc) is 2.53. The smallest absolute Gasteiger partial charge is 0.0703 e. The lowest BCUT2D eigenvalue weighted by Crippen LogP contribution is -1.86. The maximum Gasteiger partial charge on any atom is 0.0703 e. The minimum absolute atomic E-state index is 0.753. The van der Waals surface area contributed by atoms with E-state index >= 15 is 0 Å². The van der Waals surface area contributed by atoms with E-state index in [2.05, 4.69) is 9.97 Å².